The van der Waals surface area contributed by atoms with Crippen LogP contribution in [0.1, 0.15) is 37.3 Å². The van der Waals surface area contributed by atoms with Gasteiger partial charge in [-0.25, -0.2) is 9.18 Å². The van der Waals surface area contributed by atoms with Crippen molar-refractivity contribution in [3.8, 4) is 0 Å². The van der Waals surface area contributed by atoms with Gasteiger partial charge in [0.2, 0.25) is 5.91 Å². The lowest BCUT2D eigenvalue weighted by Crippen LogP contribution is -2.38. The summed E-state index contributed by atoms with van der Waals surface area (Å²) in [6, 6.07) is 13.1. The van der Waals surface area contributed by atoms with Crippen LogP contribution in [0, 0.1) is 5.82 Å². The molecule has 2 aromatic carbocycles. The Morgan fingerprint density at radius 3 is 2.43 bits per heavy atom. The normalized spacial score (nSPS) is 17.1. The van der Waals surface area contributed by atoms with Crippen LogP contribution in [0.4, 0.5) is 4.39 Å². The third-order valence-electron chi connectivity index (χ3n) is 4.84. The van der Waals surface area contributed by atoms with Crippen LogP contribution in [0.25, 0.3) is 0 Å². The van der Waals surface area contributed by atoms with Crippen molar-refractivity contribution >= 4 is 23.5 Å². The van der Waals surface area contributed by atoms with Crippen molar-refractivity contribution in [2.24, 2.45) is 0 Å². The number of esters is 1. The predicted octanol–water partition coefficient (Wildman–Crippen LogP) is 4.83. The zero-order chi connectivity index (χ0) is 20.3. The van der Waals surface area contributed by atoms with Crippen molar-refractivity contribution < 1.29 is 18.7 Å². The zero-order valence-electron chi connectivity index (χ0n) is 15.7. The van der Waals surface area contributed by atoms with Crippen molar-refractivity contribution in [3.05, 3.63) is 81.8 Å². The summed E-state index contributed by atoms with van der Waals surface area (Å²) in [5.41, 5.74) is 2.63. The number of carbonyl (C=O) groups is 2. The number of carbonyl (C=O) groups excluding carboxylic acids is 2. The van der Waals surface area contributed by atoms with E-state index in [-0.39, 0.29) is 31.3 Å². The molecule has 0 bridgehead atoms. The molecule has 0 aliphatic carbocycles. The van der Waals surface area contributed by atoms with Crippen molar-refractivity contribution in [2.75, 3.05) is 6.61 Å². The van der Waals surface area contributed by atoms with E-state index in [1.165, 1.54) is 12.1 Å². The van der Waals surface area contributed by atoms with Crippen LogP contribution < -0.4 is 0 Å². The second kappa shape index (κ2) is 8.57. The number of benzene rings is 2. The van der Waals surface area contributed by atoms with Gasteiger partial charge in [0.05, 0.1) is 18.7 Å². The van der Waals surface area contributed by atoms with Crippen LogP contribution in [-0.2, 0) is 20.9 Å². The highest BCUT2D eigenvalue weighted by Crippen LogP contribution is 2.38. The van der Waals surface area contributed by atoms with Crippen LogP contribution in [0.15, 0.2) is 59.8 Å². The molecular weight excluding hydrogens is 381 g/mol. The molecule has 1 aliphatic rings. The summed E-state index contributed by atoms with van der Waals surface area (Å²) in [6.45, 7) is 4.00. The van der Waals surface area contributed by atoms with Crippen molar-refractivity contribution in [1.82, 2.24) is 4.90 Å². The summed E-state index contributed by atoms with van der Waals surface area (Å²) in [4.78, 5) is 27.2. The zero-order valence-corrected chi connectivity index (χ0v) is 16.5. The monoisotopic (exact) mass is 401 g/mol. The van der Waals surface area contributed by atoms with E-state index in [1.807, 2.05) is 12.1 Å². The molecule has 0 spiro atoms. The van der Waals surface area contributed by atoms with Crippen molar-refractivity contribution in [3.63, 3.8) is 0 Å². The van der Waals surface area contributed by atoms with E-state index in [1.54, 1.807) is 43.0 Å². The lowest BCUT2D eigenvalue weighted by molar-refractivity contribution is -0.140. The van der Waals surface area contributed by atoms with Gasteiger partial charge >= 0.3 is 5.97 Å². The Balaban J connectivity index is 2.00. The number of halogens is 2. The summed E-state index contributed by atoms with van der Waals surface area (Å²) in [7, 11) is 0. The quantitative estimate of drug-likeness (QED) is 0.674. The largest absolute Gasteiger partial charge is 0.463 e. The molecule has 6 heteroatoms. The molecular formula is C22H21ClFNO3. The van der Waals surface area contributed by atoms with Crippen molar-refractivity contribution in [1.29, 1.82) is 0 Å². The standard InChI is InChI=1S/C22H21ClFNO3/c1-3-28-22(27)21-14(2)25(13-15-4-10-18(24)11-5-15)20(26)12-19(21)16-6-8-17(23)9-7-16/h4-11,19H,3,12-13H2,1-2H3/t19-/m0/s1. The van der Waals surface area contributed by atoms with Gasteiger partial charge in [0.15, 0.2) is 0 Å². The molecule has 1 atom stereocenters. The maximum Gasteiger partial charge on any atom is 0.336 e. The first-order valence-corrected chi connectivity index (χ1v) is 9.46. The third kappa shape index (κ3) is 4.25. The van der Waals surface area contributed by atoms with Gasteiger partial charge in [-0.1, -0.05) is 35.9 Å². The van der Waals surface area contributed by atoms with Crippen LogP contribution in [0.3, 0.4) is 0 Å². The fourth-order valence-corrected chi connectivity index (χ4v) is 3.56. The lowest BCUT2D eigenvalue weighted by Gasteiger charge is -2.34. The fourth-order valence-electron chi connectivity index (χ4n) is 3.43. The minimum absolute atomic E-state index is 0.102. The summed E-state index contributed by atoms with van der Waals surface area (Å²) in [5, 5.41) is 0.585. The molecule has 0 saturated heterocycles. The number of rotatable bonds is 5. The van der Waals surface area contributed by atoms with E-state index in [2.05, 4.69) is 0 Å². The molecule has 0 N–H and O–H groups in total. The highest BCUT2D eigenvalue weighted by Gasteiger charge is 2.36. The van der Waals surface area contributed by atoms with Gasteiger partial charge in [0, 0.05) is 23.1 Å². The number of hydrogen-bond donors (Lipinski definition) is 0. The van der Waals surface area contributed by atoms with Gasteiger partial charge in [0.25, 0.3) is 0 Å². The van der Waals surface area contributed by atoms with Crippen LogP contribution >= 0.6 is 11.6 Å². The Kier molecular flexibility index (Phi) is 6.15. The van der Waals surface area contributed by atoms with Crippen LogP contribution in [0.2, 0.25) is 5.02 Å². The summed E-state index contributed by atoms with van der Waals surface area (Å²) in [5.74, 6) is -1.27. The Hall–Kier alpha value is -2.66. The fraction of sp³-hybridized carbons (Fsp3) is 0.273. The minimum Gasteiger partial charge on any atom is -0.463 e. The van der Waals surface area contributed by atoms with Gasteiger partial charge in [-0.2, -0.15) is 0 Å². The van der Waals surface area contributed by atoms with E-state index in [0.29, 0.717) is 16.3 Å². The van der Waals surface area contributed by atoms with Crippen LogP contribution in [0.5, 0.6) is 0 Å². The molecule has 146 valence electrons. The molecule has 1 heterocycles. The van der Waals surface area contributed by atoms with E-state index in [4.69, 9.17) is 16.3 Å². The van der Waals surface area contributed by atoms with Crippen LogP contribution in [-0.4, -0.2) is 23.4 Å². The molecule has 28 heavy (non-hydrogen) atoms. The summed E-state index contributed by atoms with van der Waals surface area (Å²) in [6.07, 6.45) is 0.147. The molecule has 0 radical (unpaired) electrons. The van der Waals surface area contributed by atoms with Gasteiger partial charge in [-0.3, -0.25) is 4.79 Å². The predicted molar refractivity (Wildman–Crippen MR) is 105 cm³/mol. The number of ether oxygens (including phenoxy) is 1. The Bertz CT molecular complexity index is 906. The number of nitrogens with zero attached hydrogens (tertiary/aromatic N) is 1. The smallest absolute Gasteiger partial charge is 0.336 e. The maximum atomic E-state index is 13.2. The van der Waals surface area contributed by atoms with E-state index in [9.17, 15) is 14.0 Å². The van der Waals surface area contributed by atoms with Gasteiger partial charge in [-0.05, 0) is 49.2 Å². The lowest BCUT2D eigenvalue weighted by atomic mass is 9.83. The van der Waals surface area contributed by atoms with Gasteiger partial charge in [0.1, 0.15) is 5.82 Å². The maximum absolute atomic E-state index is 13.2. The Labute approximate surface area is 168 Å². The molecule has 0 fully saturated rings. The van der Waals surface area contributed by atoms with Gasteiger partial charge < -0.3 is 9.64 Å². The second-order valence-electron chi connectivity index (χ2n) is 6.63. The molecule has 4 nitrogen and oxygen atoms in total. The number of allylic oxidation sites excluding steroid dienone is 1. The summed E-state index contributed by atoms with van der Waals surface area (Å²) >= 11 is 5.98. The van der Waals surface area contributed by atoms with E-state index in [0.717, 1.165) is 11.1 Å². The first kappa shape index (κ1) is 20.1. The second-order valence-corrected chi connectivity index (χ2v) is 7.07. The van der Waals surface area contributed by atoms with Crippen molar-refractivity contribution in [2.45, 2.75) is 32.7 Å². The molecule has 2 aromatic rings. The van der Waals surface area contributed by atoms with E-state index >= 15 is 0 Å². The third-order valence-corrected chi connectivity index (χ3v) is 5.10. The minimum atomic E-state index is -0.434. The molecule has 0 unspecified atom stereocenters. The topological polar surface area (TPSA) is 46.6 Å². The Morgan fingerprint density at radius 1 is 1.18 bits per heavy atom. The molecule has 3 rings (SSSR count). The number of amides is 1. The molecule has 0 saturated carbocycles. The molecule has 1 amide bonds. The molecule has 1 aliphatic heterocycles. The highest BCUT2D eigenvalue weighted by atomic mass is 35.5. The first-order valence-electron chi connectivity index (χ1n) is 9.08. The Morgan fingerprint density at radius 2 is 1.82 bits per heavy atom. The highest BCUT2D eigenvalue weighted by molar-refractivity contribution is 6.30. The van der Waals surface area contributed by atoms with E-state index < -0.39 is 11.9 Å². The average Bonchev–Trinajstić information content (AvgIpc) is 2.67. The summed E-state index contributed by atoms with van der Waals surface area (Å²) < 4.78 is 18.4. The van der Waals surface area contributed by atoms with Gasteiger partial charge in [-0.15, -0.1) is 0 Å². The SMILES string of the molecule is CCOC(=O)C1=C(C)N(Cc2ccc(F)cc2)C(=O)C[C@H]1c1ccc(Cl)cc1. The average molecular weight is 402 g/mol. The molecule has 0 aromatic heterocycles. The first-order chi connectivity index (χ1) is 13.4. The number of hydrogen-bond acceptors (Lipinski definition) is 3.